The molecule has 0 N–H and O–H groups in total. The molecule has 15 heavy (non-hydrogen) atoms. The largest absolute Gasteiger partial charge is 0.288 e. The van der Waals surface area contributed by atoms with Crippen LogP contribution in [-0.2, 0) is 4.79 Å². The van der Waals surface area contributed by atoms with Crippen molar-refractivity contribution in [2.45, 2.75) is 0 Å². The first-order valence-corrected chi connectivity index (χ1v) is 5.29. The SMILES string of the molecule is C=CC(=O)N(C)c1nc2ccccc2s1. The first-order valence-electron chi connectivity index (χ1n) is 4.48. The molecule has 2 aromatic rings. The van der Waals surface area contributed by atoms with Crippen molar-refractivity contribution >= 4 is 32.6 Å². The van der Waals surface area contributed by atoms with Gasteiger partial charge in [0, 0.05) is 7.05 Å². The van der Waals surface area contributed by atoms with E-state index < -0.39 is 0 Å². The molecule has 1 aromatic carbocycles. The average molecular weight is 218 g/mol. The average Bonchev–Trinajstić information content (AvgIpc) is 2.70. The quantitative estimate of drug-likeness (QED) is 0.725. The van der Waals surface area contributed by atoms with Crippen LogP contribution in [0.15, 0.2) is 36.9 Å². The summed E-state index contributed by atoms with van der Waals surface area (Å²) < 4.78 is 1.08. The fraction of sp³-hybridized carbons (Fsp3) is 0.0909. The van der Waals surface area contributed by atoms with Crippen molar-refractivity contribution in [2.24, 2.45) is 0 Å². The van der Waals surface area contributed by atoms with E-state index in [2.05, 4.69) is 11.6 Å². The van der Waals surface area contributed by atoms with Crippen molar-refractivity contribution in [3.63, 3.8) is 0 Å². The van der Waals surface area contributed by atoms with E-state index in [9.17, 15) is 4.79 Å². The summed E-state index contributed by atoms with van der Waals surface area (Å²) >= 11 is 1.50. The second-order valence-corrected chi connectivity index (χ2v) is 4.07. The Bertz CT molecular complexity index is 485. The highest BCUT2D eigenvalue weighted by atomic mass is 32.1. The lowest BCUT2D eigenvalue weighted by Gasteiger charge is -2.09. The molecule has 0 atom stereocenters. The van der Waals surface area contributed by atoms with Crippen molar-refractivity contribution in [2.75, 3.05) is 11.9 Å². The van der Waals surface area contributed by atoms with Crippen LogP contribution in [0.1, 0.15) is 0 Å². The van der Waals surface area contributed by atoms with Gasteiger partial charge >= 0.3 is 0 Å². The van der Waals surface area contributed by atoms with Crippen LogP contribution >= 0.6 is 11.3 Å². The lowest BCUT2D eigenvalue weighted by atomic mass is 10.3. The summed E-state index contributed by atoms with van der Waals surface area (Å²) in [6, 6.07) is 7.81. The lowest BCUT2D eigenvalue weighted by molar-refractivity contribution is -0.113. The number of para-hydroxylation sites is 1. The molecule has 76 valence electrons. The number of aromatic nitrogens is 1. The highest BCUT2D eigenvalue weighted by Gasteiger charge is 2.11. The van der Waals surface area contributed by atoms with E-state index in [0.717, 1.165) is 10.2 Å². The van der Waals surface area contributed by atoms with Crippen molar-refractivity contribution in [1.82, 2.24) is 4.98 Å². The number of anilines is 1. The third-order valence-corrected chi connectivity index (χ3v) is 3.19. The number of benzene rings is 1. The van der Waals surface area contributed by atoms with Gasteiger partial charge < -0.3 is 0 Å². The standard InChI is InChI=1S/C11H10N2OS/c1-3-10(14)13(2)11-12-8-6-4-5-7-9(8)15-11/h3-7H,1H2,2H3. The Labute approximate surface area is 91.7 Å². The van der Waals surface area contributed by atoms with Crippen LogP contribution in [0, 0.1) is 0 Å². The predicted molar refractivity (Wildman–Crippen MR) is 63.2 cm³/mol. The molecule has 0 aliphatic carbocycles. The minimum absolute atomic E-state index is 0.144. The maximum absolute atomic E-state index is 11.4. The molecule has 0 unspecified atom stereocenters. The van der Waals surface area contributed by atoms with Gasteiger partial charge in [-0.15, -0.1) is 0 Å². The topological polar surface area (TPSA) is 33.2 Å². The molecule has 0 aliphatic rings. The number of thiazole rings is 1. The highest BCUT2D eigenvalue weighted by molar-refractivity contribution is 7.22. The fourth-order valence-corrected chi connectivity index (χ4v) is 2.17. The first-order chi connectivity index (χ1) is 7.22. The van der Waals surface area contributed by atoms with E-state index in [1.165, 1.54) is 22.3 Å². The Balaban J connectivity index is 2.44. The maximum Gasteiger partial charge on any atom is 0.251 e. The van der Waals surface area contributed by atoms with Crippen LogP contribution in [0.4, 0.5) is 5.13 Å². The fourth-order valence-electron chi connectivity index (χ4n) is 1.23. The Morgan fingerprint density at radius 2 is 2.27 bits per heavy atom. The minimum Gasteiger partial charge on any atom is -0.288 e. The van der Waals surface area contributed by atoms with Gasteiger partial charge in [0.1, 0.15) is 0 Å². The van der Waals surface area contributed by atoms with Crippen molar-refractivity contribution in [1.29, 1.82) is 0 Å². The number of hydrogen-bond acceptors (Lipinski definition) is 3. The number of likely N-dealkylation sites (N-methyl/N-ethyl adjacent to an activating group) is 1. The number of hydrogen-bond donors (Lipinski definition) is 0. The van der Waals surface area contributed by atoms with E-state index in [1.807, 2.05) is 24.3 Å². The molecule has 0 spiro atoms. The van der Waals surface area contributed by atoms with Gasteiger partial charge in [-0.2, -0.15) is 0 Å². The van der Waals surface area contributed by atoms with Gasteiger partial charge in [0.15, 0.2) is 5.13 Å². The maximum atomic E-state index is 11.4. The molecule has 1 aromatic heterocycles. The van der Waals surface area contributed by atoms with Gasteiger partial charge in [-0.05, 0) is 18.2 Å². The van der Waals surface area contributed by atoms with Crippen LogP contribution in [0.5, 0.6) is 0 Å². The Morgan fingerprint density at radius 3 is 2.93 bits per heavy atom. The molecule has 1 amide bonds. The van der Waals surface area contributed by atoms with E-state index >= 15 is 0 Å². The molecule has 0 saturated carbocycles. The third kappa shape index (κ3) is 1.76. The number of rotatable bonds is 2. The molecular weight excluding hydrogens is 208 g/mol. The molecule has 1 heterocycles. The van der Waals surface area contributed by atoms with Crippen LogP contribution < -0.4 is 4.90 Å². The molecule has 0 aliphatic heterocycles. The molecule has 2 rings (SSSR count). The van der Waals surface area contributed by atoms with Crippen LogP contribution in [0.3, 0.4) is 0 Å². The zero-order valence-electron chi connectivity index (χ0n) is 8.30. The molecule has 4 heteroatoms. The van der Waals surface area contributed by atoms with Crippen LogP contribution in [0.25, 0.3) is 10.2 Å². The second kappa shape index (κ2) is 3.82. The van der Waals surface area contributed by atoms with Gasteiger partial charge in [-0.1, -0.05) is 30.0 Å². The normalized spacial score (nSPS) is 10.2. The van der Waals surface area contributed by atoms with Crippen molar-refractivity contribution in [3.05, 3.63) is 36.9 Å². The summed E-state index contributed by atoms with van der Waals surface area (Å²) in [5, 5.41) is 0.695. The van der Waals surface area contributed by atoms with Crippen LogP contribution in [0.2, 0.25) is 0 Å². The minimum atomic E-state index is -0.144. The molecule has 0 bridgehead atoms. The Morgan fingerprint density at radius 1 is 1.53 bits per heavy atom. The molecule has 0 saturated heterocycles. The number of fused-ring (bicyclic) bond motifs is 1. The summed E-state index contributed by atoms with van der Waals surface area (Å²) in [6.07, 6.45) is 1.28. The zero-order chi connectivity index (χ0) is 10.8. The summed E-state index contributed by atoms with van der Waals surface area (Å²) in [5.74, 6) is -0.144. The summed E-state index contributed by atoms with van der Waals surface area (Å²) in [4.78, 5) is 17.2. The highest BCUT2D eigenvalue weighted by Crippen LogP contribution is 2.27. The second-order valence-electron chi connectivity index (χ2n) is 3.07. The summed E-state index contributed by atoms with van der Waals surface area (Å²) in [6.45, 7) is 3.45. The van der Waals surface area contributed by atoms with Gasteiger partial charge in [0.05, 0.1) is 10.2 Å². The van der Waals surface area contributed by atoms with Gasteiger partial charge in [-0.25, -0.2) is 4.98 Å². The van der Waals surface area contributed by atoms with E-state index in [-0.39, 0.29) is 5.91 Å². The van der Waals surface area contributed by atoms with Crippen molar-refractivity contribution < 1.29 is 4.79 Å². The van der Waals surface area contributed by atoms with E-state index in [0.29, 0.717) is 5.13 Å². The smallest absolute Gasteiger partial charge is 0.251 e. The number of amides is 1. The van der Waals surface area contributed by atoms with Gasteiger partial charge in [0.2, 0.25) is 0 Å². The number of carbonyl (C=O) groups excluding carboxylic acids is 1. The molecule has 0 fully saturated rings. The number of nitrogens with zero attached hydrogens (tertiary/aromatic N) is 2. The third-order valence-electron chi connectivity index (χ3n) is 2.07. The zero-order valence-corrected chi connectivity index (χ0v) is 9.12. The van der Waals surface area contributed by atoms with Crippen LogP contribution in [-0.4, -0.2) is 17.9 Å². The molecule has 0 radical (unpaired) electrons. The monoisotopic (exact) mass is 218 g/mol. The lowest BCUT2D eigenvalue weighted by Crippen LogP contribution is -2.23. The van der Waals surface area contributed by atoms with E-state index in [1.54, 1.807) is 7.05 Å². The predicted octanol–water partition coefficient (Wildman–Crippen LogP) is 2.45. The summed E-state index contributed by atoms with van der Waals surface area (Å²) in [5.41, 5.74) is 0.918. The Kier molecular flexibility index (Phi) is 2.51. The van der Waals surface area contributed by atoms with Crippen molar-refractivity contribution in [3.8, 4) is 0 Å². The Hall–Kier alpha value is -1.68. The van der Waals surface area contributed by atoms with Gasteiger partial charge in [-0.3, -0.25) is 9.69 Å². The molecular formula is C11H10N2OS. The first kappa shape index (κ1) is 9.86. The molecule has 3 nitrogen and oxygen atoms in total. The summed E-state index contributed by atoms with van der Waals surface area (Å²) in [7, 11) is 1.70. The van der Waals surface area contributed by atoms with E-state index in [4.69, 9.17) is 0 Å². The number of carbonyl (C=O) groups is 1. The van der Waals surface area contributed by atoms with Gasteiger partial charge in [0.25, 0.3) is 5.91 Å².